The van der Waals surface area contributed by atoms with Crippen LogP contribution in [-0.4, -0.2) is 96.7 Å². The molecule has 0 aromatic carbocycles. The van der Waals surface area contributed by atoms with Crippen molar-refractivity contribution in [3.8, 4) is 0 Å². The molecule has 17 nitrogen and oxygen atoms in total. The molecule has 0 radical (unpaired) electrons. The summed E-state index contributed by atoms with van der Waals surface area (Å²) in [6, 6.07) is 0. The molecule has 0 fully saturated rings. The molecule has 0 amide bonds. The van der Waals surface area contributed by atoms with Crippen LogP contribution in [0.3, 0.4) is 0 Å². The Morgan fingerprint density at radius 1 is 0.284 bits per heavy atom. The average Bonchev–Trinajstić information content (AvgIpc) is 2.85. The second kappa shape index (κ2) is 69.2. The van der Waals surface area contributed by atoms with Gasteiger partial charge in [-0.3, -0.25) is 37.3 Å². The van der Waals surface area contributed by atoms with Crippen LogP contribution in [-0.2, 0) is 65.4 Å². The molecule has 0 aromatic heterocycles. The summed E-state index contributed by atoms with van der Waals surface area (Å²) in [5, 5.41) is 10.6. The van der Waals surface area contributed by atoms with E-state index in [0.717, 1.165) is 95.8 Å². The third-order valence-corrected chi connectivity index (χ3v) is 19.7. The van der Waals surface area contributed by atoms with E-state index in [4.69, 9.17) is 37.0 Å². The minimum Gasteiger partial charge on any atom is -0.462 e. The number of rotatable bonds is 76. The van der Waals surface area contributed by atoms with Crippen LogP contribution in [0.25, 0.3) is 0 Å². The first-order valence-electron chi connectivity index (χ1n) is 39.6. The fourth-order valence-corrected chi connectivity index (χ4v) is 13.3. The number of phosphoric ester groups is 2. The number of aliphatic hydroxyl groups excluding tert-OH is 1. The van der Waals surface area contributed by atoms with Crippen LogP contribution in [0.5, 0.6) is 0 Å². The summed E-state index contributed by atoms with van der Waals surface area (Å²) in [5.74, 6) is -1.32. The Hall–Kier alpha value is -1.94. The van der Waals surface area contributed by atoms with Crippen molar-refractivity contribution >= 4 is 39.5 Å². The lowest BCUT2D eigenvalue weighted by Gasteiger charge is -2.21. The summed E-state index contributed by atoms with van der Waals surface area (Å²) in [6.45, 7) is 7.30. The molecule has 0 spiro atoms. The number of ether oxygens (including phenoxy) is 4. The Bertz CT molecular complexity index is 1820. The smallest absolute Gasteiger partial charge is 0.462 e. The molecule has 564 valence electrons. The van der Waals surface area contributed by atoms with Gasteiger partial charge in [-0.05, 0) is 31.6 Å². The minimum absolute atomic E-state index is 0.108. The molecule has 19 heteroatoms. The fourth-order valence-electron chi connectivity index (χ4n) is 11.7. The van der Waals surface area contributed by atoms with Crippen LogP contribution < -0.4 is 0 Å². The maximum atomic E-state index is 13.1. The highest BCUT2D eigenvalue weighted by atomic mass is 31.2. The molecular weight excluding hydrogens is 1250 g/mol. The lowest BCUT2D eigenvalue weighted by atomic mass is 10.0. The van der Waals surface area contributed by atoms with Gasteiger partial charge in [0.2, 0.25) is 0 Å². The SMILES string of the molecule is CCCCCCCCCCCCCCCCCCCCC(=O)O[C@H](COC(=O)CCCCCCCCCCCCCCCC(C)C)COP(=O)(O)OC[C@@H](O)COP(=O)(O)OC[C@@H](COC(=O)CCCCCCCCCCC)OC(=O)CCCCCCCCCCCCCC. The van der Waals surface area contributed by atoms with Crippen LogP contribution in [0, 0.1) is 5.92 Å². The summed E-state index contributed by atoms with van der Waals surface area (Å²) >= 11 is 0. The van der Waals surface area contributed by atoms with Crippen molar-refractivity contribution in [2.24, 2.45) is 5.92 Å². The standard InChI is InChI=1S/C76H148O17P2/c1-6-9-12-15-18-21-23-25-26-27-28-29-32-37-42-47-52-57-62-76(81)93-72(66-87-74(79)60-55-50-45-40-36-33-30-31-34-39-43-48-53-58-69(4)5)68-91-95(84,85)89-64-70(77)63-88-94(82,83)90-67-71(65-86-73(78)59-54-49-44-38-20-17-14-11-8-3)92-75(80)61-56-51-46-41-35-24-22-19-16-13-10-7-2/h69-72,77H,6-68H2,1-5H3,(H,82,83)(H,84,85)/t70-,71+,72+/m0/s1. The maximum Gasteiger partial charge on any atom is 0.472 e. The Kier molecular flexibility index (Phi) is 67.7. The topological polar surface area (TPSA) is 237 Å². The second-order valence-electron chi connectivity index (χ2n) is 27.9. The van der Waals surface area contributed by atoms with Crippen molar-refractivity contribution in [1.82, 2.24) is 0 Å². The monoisotopic (exact) mass is 1400 g/mol. The maximum absolute atomic E-state index is 13.1. The highest BCUT2D eigenvalue weighted by Crippen LogP contribution is 2.45. The fraction of sp³-hybridized carbons (Fsp3) is 0.947. The van der Waals surface area contributed by atoms with Gasteiger partial charge in [0, 0.05) is 25.7 Å². The zero-order valence-electron chi connectivity index (χ0n) is 61.8. The van der Waals surface area contributed by atoms with Crippen molar-refractivity contribution in [3.05, 3.63) is 0 Å². The van der Waals surface area contributed by atoms with E-state index in [1.807, 2.05) is 0 Å². The largest absolute Gasteiger partial charge is 0.472 e. The predicted molar refractivity (Wildman–Crippen MR) is 386 cm³/mol. The molecule has 0 saturated heterocycles. The van der Waals surface area contributed by atoms with Crippen LogP contribution in [0.15, 0.2) is 0 Å². The molecule has 2 unspecified atom stereocenters. The molecule has 95 heavy (non-hydrogen) atoms. The number of phosphoric acid groups is 2. The quantitative estimate of drug-likeness (QED) is 0.0222. The number of esters is 4. The van der Waals surface area contributed by atoms with Gasteiger partial charge >= 0.3 is 39.5 Å². The molecular formula is C76H148O17P2. The first-order valence-corrected chi connectivity index (χ1v) is 42.6. The first kappa shape index (κ1) is 93.1. The van der Waals surface area contributed by atoms with Crippen LogP contribution in [0.2, 0.25) is 0 Å². The Morgan fingerprint density at radius 2 is 0.484 bits per heavy atom. The van der Waals surface area contributed by atoms with Crippen molar-refractivity contribution in [1.29, 1.82) is 0 Å². The lowest BCUT2D eigenvalue weighted by molar-refractivity contribution is -0.161. The molecule has 0 bridgehead atoms. The molecule has 0 saturated carbocycles. The van der Waals surface area contributed by atoms with Crippen molar-refractivity contribution < 1.29 is 80.2 Å². The molecule has 0 heterocycles. The average molecular weight is 1400 g/mol. The van der Waals surface area contributed by atoms with Gasteiger partial charge in [-0.1, -0.05) is 349 Å². The van der Waals surface area contributed by atoms with E-state index in [0.29, 0.717) is 25.7 Å². The van der Waals surface area contributed by atoms with Gasteiger partial charge in [0.1, 0.15) is 19.3 Å². The number of aliphatic hydroxyl groups is 1. The van der Waals surface area contributed by atoms with E-state index in [1.165, 1.54) is 225 Å². The lowest BCUT2D eigenvalue weighted by Crippen LogP contribution is -2.30. The summed E-state index contributed by atoms with van der Waals surface area (Å²) in [5.41, 5.74) is 0. The van der Waals surface area contributed by atoms with Crippen LogP contribution in [0.4, 0.5) is 0 Å². The van der Waals surface area contributed by atoms with Gasteiger partial charge in [-0.15, -0.1) is 0 Å². The van der Waals surface area contributed by atoms with Gasteiger partial charge in [-0.2, -0.15) is 0 Å². The number of carbonyl (C=O) groups excluding carboxylic acids is 4. The van der Waals surface area contributed by atoms with Crippen molar-refractivity contribution in [2.75, 3.05) is 39.6 Å². The molecule has 3 N–H and O–H groups in total. The third kappa shape index (κ3) is 70.3. The summed E-state index contributed by atoms with van der Waals surface area (Å²) in [4.78, 5) is 72.8. The Balaban J connectivity index is 5.22. The molecule has 5 atom stereocenters. The Labute approximate surface area is 581 Å². The van der Waals surface area contributed by atoms with E-state index in [1.54, 1.807) is 0 Å². The number of unbranched alkanes of at least 4 members (excludes halogenated alkanes) is 48. The molecule has 0 aliphatic carbocycles. The molecule has 0 aliphatic heterocycles. The van der Waals surface area contributed by atoms with Crippen LogP contribution >= 0.6 is 15.6 Å². The second-order valence-corrected chi connectivity index (χ2v) is 30.8. The van der Waals surface area contributed by atoms with Gasteiger partial charge in [0.25, 0.3) is 0 Å². The van der Waals surface area contributed by atoms with Gasteiger partial charge in [0.05, 0.1) is 26.4 Å². The van der Waals surface area contributed by atoms with E-state index < -0.39 is 97.5 Å². The summed E-state index contributed by atoms with van der Waals surface area (Å²) in [6.07, 6.45) is 58.2. The number of hydrogen-bond acceptors (Lipinski definition) is 15. The summed E-state index contributed by atoms with van der Waals surface area (Å²) in [7, 11) is -9.91. The van der Waals surface area contributed by atoms with Crippen molar-refractivity contribution in [3.63, 3.8) is 0 Å². The molecule has 0 aliphatic rings. The summed E-state index contributed by atoms with van der Waals surface area (Å²) < 4.78 is 68.5. The molecule has 0 rings (SSSR count). The minimum atomic E-state index is -4.96. The van der Waals surface area contributed by atoms with E-state index >= 15 is 0 Å². The van der Waals surface area contributed by atoms with Gasteiger partial charge < -0.3 is 33.8 Å². The highest BCUT2D eigenvalue weighted by Gasteiger charge is 2.30. The van der Waals surface area contributed by atoms with E-state index in [9.17, 15) is 43.2 Å². The van der Waals surface area contributed by atoms with E-state index in [-0.39, 0.29) is 25.7 Å². The number of hydrogen-bond donors (Lipinski definition) is 3. The van der Waals surface area contributed by atoms with Gasteiger partial charge in [0.15, 0.2) is 12.2 Å². The normalized spacial score (nSPS) is 13.9. The van der Waals surface area contributed by atoms with Gasteiger partial charge in [-0.25, -0.2) is 9.13 Å². The zero-order valence-corrected chi connectivity index (χ0v) is 63.6. The van der Waals surface area contributed by atoms with Crippen molar-refractivity contribution in [2.45, 2.75) is 419 Å². The Morgan fingerprint density at radius 3 is 0.716 bits per heavy atom. The predicted octanol–water partition coefficient (Wildman–Crippen LogP) is 22.5. The number of carbonyl (C=O) groups is 4. The first-order chi connectivity index (χ1) is 46.0. The van der Waals surface area contributed by atoms with Crippen LogP contribution in [0.1, 0.15) is 401 Å². The third-order valence-electron chi connectivity index (χ3n) is 17.8. The highest BCUT2D eigenvalue weighted by molar-refractivity contribution is 7.47. The molecule has 0 aromatic rings. The van der Waals surface area contributed by atoms with E-state index in [2.05, 4.69) is 34.6 Å². The zero-order chi connectivity index (χ0) is 69.8.